The Bertz CT molecular complexity index is 424. The van der Waals surface area contributed by atoms with Gasteiger partial charge in [-0.1, -0.05) is 13.3 Å². The molecule has 6 nitrogen and oxygen atoms in total. The highest BCUT2D eigenvalue weighted by atomic mass is 16.5. The Morgan fingerprint density at radius 2 is 1.95 bits per heavy atom. The number of aromatic nitrogens is 1. The number of rotatable bonds is 10. The Labute approximate surface area is 133 Å². The second kappa shape index (κ2) is 11.1. The average Bonchev–Trinajstić information content (AvgIpc) is 2.82. The van der Waals surface area contributed by atoms with Crippen LogP contribution in [0.15, 0.2) is 9.41 Å². The van der Waals surface area contributed by atoms with Crippen LogP contribution in [-0.4, -0.2) is 37.2 Å². The summed E-state index contributed by atoms with van der Waals surface area (Å²) in [6.45, 7) is 11.8. The van der Waals surface area contributed by atoms with Gasteiger partial charge in [0, 0.05) is 26.3 Å². The molecule has 0 aliphatic carbocycles. The SMILES string of the molecule is CCCCOCCCNC(=NCc1nc(C)c(C)o1)NCC. The van der Waals surface area contributed by atoms with Gasteiger partial charge in [-0.2, -0.15) is 0 Å². The van der Waals surface area contributed by atoms with E-state index in [-0.39, 0.29) is 0 Å². The molecule has 0 saturated carbocycles. The topological polar surface area (TPSA) is 71.7 Å². The highest BCUT2D eigenvalue weighted by molar-refractivity contribution is 5.79. The van der Waals surface area contributed by atoms with Crippen molar-refractivity contribution in [2.75, 3.05) is 26.3 Å². The van der Waals surface area contributed by atoms with Crippen LogP contribution in [0.2, 0.25) is 0 Å². The maximum atomic E-state index is 5.54. The standard InChI is InChI=1S/C16H30N4O2/c1-5-7-10-21-11-8-9-18-16(17-6-2)19-12-15-20-13(3)14(4)22-15/h5-12H2,1-4H3,(H2,17,18,19). The molecule has 0 unspecified atom stereocenters. The lowest BCUT2D eigenvalue weighted by molar-refractivity contribution is 0.129. The summed E-state index contributed by atoms with van der Waals surface area (Å²) >= 11 is 0. The van der Waals surface area contributed by atoms with Gasteiger partial charge in [-0.25, -0.2) is 9.98 Å². The van der Waals surface area contributed by atoms with Gasteiger partial charge in [-0.05, 0) is 33.6 Å². The van der Waals surface area contributed by atoms with E-state index in [1.54, 1.807) is 0 Å². The molecule has 1 heterocycles. The molecule has 0 aromatic carbocycles. The van der Waals surface area contributed by atoms with Gasteiger partial charge in [0.2, 0.25) is 5.89 Å². The van der Waals surface area contributed by atoms with Gasteiger partial charge in [-0.15, -0.1) is 0 Å². The van der Waals surface area contributed by atoms with Gasteiger partial charge in [0.15, 0.2) is 5.96 Å². The predicted octanol–water partition coefficient (Wildman–Crippen LogP) is 2.55. The van der Waals surface area contributed by atoms with Gasteiger partial charge < -0.3 is 19.8 Å². The second-order valence-electron chi connectivity index (χ2n) is 5.19. The first-order chi connectivity index (χ1) is 10.7. The number of guanidine groups is 1. The summed E-state index contributed by atoms with van der Waals surface area (Å²) in [5, 5.41) is 6.51. The number of ether oxygens (including phenoxy) is 1. The van der Waals surface area contributed by atoms with Gasteiger partial charge in [-0.3, -0.25) is 0 Å². The molecule has 0 spiro atoms. The molecule has 0 aliphatic rings. The van der Waals surface area contributed by atoms with Crippen LogP contribution in [-0.2, 0) is 11.3 Å². The van der Waals surface area contributed by atoms with Crippen molar-refractivity contribution < 1.29 is 9.15 Å². The number of aliphatic imine (C=N–C) groups is 1. The highest BCUT2D eigenvalue weighted by Gasteiger charge is 2.05. The third-order valence-corrected chi connectivity index (χ3v) is 3.19. The molecule has 0 saturated heterocycles. The number of aryl methyl sites for hydroxylation is 2. The smallest absolute Gasteiger partial charge is 0.216 e. The van der Waals surface area contributed by atoms with Gasteiger partial charge in [0.1, 0.15) is 12.3 Å². The van der Waals surface area contributed by atoms with Crippen LogP contribution in [0, 0.1) is 13.8 Å². The van der Waals surface area contributed by atoms with Crippen molar-refractivity contribution in [3.05, 3.63) is 17.3 Å². The summed E-state index contributed by atoms with van der Waals surface area (Å²) in [4.78, 5) is 8.81. The average molecular weight is 310 g/mol. The molecular weight excluding hydrogens is 280 g/mol. The lowest BCUT2D eigenvalue weighted by Gasteiger charge is -2.10. The fourth-order valence-corrected chi connectivity index (χ4v) is 1.82. The van der Waals surface area contributed by atoms with Gasteiger partial charge in [0.05, 0.1) is 5.69 Å². The minimum atomic E-state index is 0.441. The van der Waals surface area contributed by atoms with E-state index in [0.717, 1.165) is 56.6 Å². The van der Waals surface area contributed by atoms with E-state index in [2.05, 4.69) is 27.5 Å². The highest BCUT2D eigenvalue weighted by Crippen LogP contribution is 2.08. The Kier molecular flexibility index (Phi) is 9.30. The zero-order valence-corrected chi connectivity index (χ0v) is 14.4. The molecule has 6 heteroatoms. The second-order valence-corrected chi connectivity index (χ2v) is 5.19. The lowest BCUT2D eigenvalue weighted by atomic mass is 10.4. The van der Waals surface area contributed by atoms with Crippen LogP contribution in [0.1, 0.15) is 50.5 Å². The molecule has 0 aliphatic heterocycles. The van der Waals surface area contributed by atoms with Crippen LogP contribution in [0.25, 0.3) is 0 Å². The zero-order chi connectivity index (χ0) is 16.2. The van der Waals surface area contributed by atoms with E-state index >= 15 is 0 Å². The van der Waals surface area contributed by atoms with Crippen molar-refractivity contribution in [1.82, 2.24) is 15.6 Å². The number of nitrogens with one attached hydrogen (secondary N) is 2. The lowest BCUT2D eigenvalue weighted by Crippen LogP contribution is -2.38. The van der Waals surface area contributed by atoms with E-state index < -0.39 is 0 Å². The Morgan fingerprint density at radius 1 is 1.18 bits per heavy atom. The van der Waals surface area contributed by atoms with Crippen molar-refractivity contribution >= 4 is 5.96 Å². The normalized spacial score (nSPS) is 11.7. The van der Waals surface area contributed by atoms with Crippen molar-refractivity contribution in [1.29, 1.82) is 0 Å². The zero-order valence-electron chi connectivity index (χ0n) is 14.4. The van der Waals surface area contributed by atoms with E-state index in [0.29, 0.717) is 12.4 Å². The van der Waals surface area contributed by atoms with Crippen molar-refractivity contribution in [3.63, 3.8) is 0 Å². The summed E-state index contributed by atoms with van der Waals surface area (Å²) in [5.74, 6) is 2.28. The van der Waals surface area contributed by atoms with Crippen molar-refractivity contribution in [2.24, 2.45) is 4.99 Å². The molecule has 2 N–H and O–H groups in total. The van der Waals surface area contributed by atoms with Crippen LogP contribution in [0.4, 0.5) is 0 Å². The Hall–Kier alpha value is -1.56. The number of oxazole rings is 1. The maximum absolute atomic E-state index is 5.54. The van der Waals surface area contributed by atoms with Crippen LogP contribution < -0.4 is 10.6 Å². The number of hydrogen-bond acceptors (Lipinski definition) is 4. The molecule has 0 bridgehead atoms. The molecular formula is C16H30N4O2. The van der Waals surface area contributed by atoms with Crippen LogP contribution in [0.3, 0.4) is 0 Å². The summed E-state index contributed by atoms with van der Waals surface area (Å²) in [5.41, 5.74) is 0.924. The summed E-state index contributed by atoms with van der Waals surface area (Å²) < 4.78 is 11.1. The quantitative estimate of drug-likeness (QED) is 0.395. The summed E-state index contributed by atoms with van der Waals surface area (Å²) in [6, 6.07) is 0. The van der Waals surface area contributed by atoms with Crippen LogP contribution >= 0.6 is 0 Å². The van der Waals surface area contributed by atoms with Gasteiger partial charge in [0.25, 0.3) is 0 Å². The van der Waals surface area contributed by atoms with E-state index in [4.69, 9.17) is 9.15 Å². The first-order valence-electron chi connectivity index (χ1n) is 8.20. The molecule has 22 heavy (non-hydrogen) atoms. The molecule has 0 amide bonds. The fraction of sp³-hybridized carbons (Fsp3) is 0.750. The van der Waals surface area contributed by atoms with Crippen molar-refractivity contribution in [2.45, 2.75) is 53.5 Å². The molecule has 0 fully saturated rings. The molecule has 1 aromatic rings. The third kappa shape index (κ3) is 7.45. The molecule has 0 atom stereocenters. The minimum absolute atomic E-state index is 0.441. The molecule has 1 aromatic heterocycles. The fourth-order valence-electron chi connectivity index (χ4n) is 1.82. The largest absolute Gasteiger partial charge is 0.444 e. The van der Waals surface area contributed by atoms with Gasteiger partial charge >= 0.3 is 0 Å². The maximum Gasteiger partial charge on any atom is 0.216 e. The number of unbranched alkanes of at least 4 members (excludes halogenated alkanes) is 1. The Balaban J connectivity index is 2.29. The first-order valence-corrected chi connectivity index (χ1v) is 8.20. The monoisotopic (exact) mass is 310 g/mol. The van der Waals surface area contributed by atoms with E-state index in [1.165, 1.54) is 6.42 Å². The number of nitrogens with zero attached hydrogens (tertiary/aromatic N) is 2. The first kappa shape index (κ1) is 18.5. The third-order valence-electron chi connectivity index (χ3n) is 3.19. The molecule has 0 radical (unpaired) electrons. The predicted molar refractivity (Wildman–Crippen MR) is 89.1 cm³/mol. The van der Waals surface area contributed by atoms with E-state index in [1.807, 2.05) is 20.8 Å². The van der Waals surface area contributed by atoms with E-state index in [9.17, 15) is 0 Å². The Morgan fingerprint density at radius 3 is 2.59 bits per heavy atom. The summed E-state index contributed by atoms with van der Waals surface area (Å²) in [6.07, 6.45) is 3.27. The van der Waals surface area contributed by atoms with Crippen molar-refractivity contribution in [3.8, 4) is 0 Å². The number of hydrogen-bond donors (Lipinski definition) is 2. The minimum Gasteiger partial charge on any atom is -0.444 e. The molecule has 126 valence electrons. The summed E-state index contributed by atoms with van der Waals surface area (Å²) in [7, 11) is 0. The molecule has 1 rings (SSSR count). The van der Waals surface area contributed by atoms with Crippen LogP contribution in [0.5, 0.6) is 0 Å².